The van der Waals surface area contributed by atoms with Gasteiger partial charge in [0.1, 0.15) is 0 Å². The zero-order valence-corrected chi connectivity index (χ0v) is 14.1. The molecule has 2 N–H and O–H groups in total. The summed E-state index contributed by atoms with van der Waals surface area (Å²) in [5.74, 6) is -0.172. The lowest BCUT2D eigenvalue weighted by atomic mass is 9.99. The van der Waals surface area contributed by atoms with E-state index < -0.39 is 0 Å². The Morgan fingerprint density at radius 1 is 1.08 bits per heavy atom. The summed E-state index contributed by atoms with van der Waals surface area (Å²) < 4.78 is 0. The van der Waals surface area contributed by atoms with Crippen LogP contribution in [0, 0.1) is 0 Å². The molecule has 5 nitrogen and oxygen atoms in total. The first-order valence-corrected chi connectivity index (χ1v) is 8.25. The summed E-state index contributed by atoms with van der Waals surface area (Å²) in [7, 11) is 0. The third-order valence-corrected chi connectivity index (χ3v) is 4.18. The molecule has 0 atom stereocenters. The van der Waals surface area contributed by atoms with Crippen molar-refractivity contribution in [3.63, 3.8) is 0 Å². The molecule has 2 aromatic heterocycles. The number of rotatable bonds is 3. The Labute approximate surface area is 145 Å². The molecule has 2 aromatic carbocycles. The van der Waals surface area contributed by atoms with Gasteiger partial charge in [-0.05, 0) is 36.9 Å². The van der Waals surface area contributed by atoms with Gasteiger partial charge in [0.2, 0.25) is 0 Å². The number of H-pyrrole nitrogens is 1. The van der Waals surface area contributed by atoms with Crippen molar-refractivity contribution in [2.45, 2.75) is 19.9 Å². The molecule has 4 rings (SSSR count). The van der Waals surface area contributed by atoms with E-state index in [0.29, 0.717) is 5.69 Å². The molecule has 25 heavy (non-hydrogen) atoms. The van der Waals surface area contributed by atoms with Crippen molar-refractivity contribution >= 4 is 27.6 Å². The normalized spacial score (nSPS) is 11.3. The van der Waals surface area contributed by atoms with E-state index in [2.05, 4.69) is 26.6 Å². The fourth-order valence-electron chi connectivity index (χ4n) is 3.03. The maximum absolute atomic E-state index is 12.4. The largest absolute Gasteiger partial charge is 0.348 e. The van der Waals surface area contributed by atoms with Gasteiger partial charge in [-0.1, -0.05) is 30.3 Å². The van der Waals surface area contributed by atoms with E-state index >= 15 is 0 Å². The molecule has 0 radical (unpaired) electrons. The van der Waals surface area contributed by atoms with Gasteiger partial charge in [0, 0.05) is 34.8 Å². The van der Waals surface area contributed by atoms with E-state index in [4.69, 9.17) is 0 Å². The highest BCUT2D eigenvalue weighted by Gasteiger charge is 2.16. The maximum atomic E-state index is 12.4. The summed E-state index contributed by atoms with van der Waals surface area (Å²) in [6.45, 7) is 3.86. The van der Waals surface area contributed by atoms with Crippen LogP contribution in [0.5, 0.6) is 0 Å². The van der Waals surface area contributed by atoms with Crippen LogP contribution in [-0.4, -0.2) is 27.1 Å². The third-order valence-electron chi connectivity index (χ3n) is 4.18. The van der Waals surface area contributed by atoms with Gasteiger partial charge in [-0.15, -0.1) is 0 Å². The van der Waals surface area contributed by atoms with Crippen LogP contribution in [0.25, 0.3) is 32.8 Å². The number of hydrogen-bond donors (Lipinski definition) is 2. The third kappa shape index (κ3) is 2.74. The molecule has 0 saturated carbocycles. The first-order chi connectivity index (χ1) is 12.1. The van der Waals surface area contributed by atoms with E-state index in [1.165, 1.54) is 0 Å². The Hall–Kier alpha value is -3.21. The molecule has 5 heteroatoms. The fraction of sp³-hybridized carbons (Fsp3) is 0.150. The Bertz CT molecular complexity index is 1080. The van der Waals surface area contributed by atoms with Crippen molar-refractivity contribution in [2.75, 3.05) is 0 Å². The quantitative estimate of drug-likeness (QED) is 0.598. The van der Waals surface area contributed by atoms with Gasteiger partial charge in [0.25, 0.3) is 5.91 Å². The summed E-state index contributed by atoms with van der Waals surface area (Å²) in [5.41, 5.74) is 3.30. The minimum atomic E-state index is -0.172. The lowest BCUT2D eigenvalue weighted by Crippen LogP contribution is -2.30. The Balaban J connectivity index is 1.87. The van der Waals surface area contributed by atoms with E-state index in [0.717, 1.165) is 32.8 Å². The lowest BCUT2D eigenvalue weighted by molar-refractivity contribution is 0.0939. The first kappa shape index (κ1) is 15.3. The molecule has 0 bridgehead atoms. The average Bonchev–Trinajstić information content (AvgIpc) is 3.04. The van der Waals surface area contributed by atoms with Gasteiger partial charge >= 0.3 is 0 Å². The van der Waals surface area contributed by atoms with Crippen molar-refractivity contribution in [2.24, 2.45) is 0 Å². The van der Waals surface area contributed by atoms with Crippen molar-refractivity contribution < 1.29 is 4.79 Å². The molecule has 0 aliphatic carbocycles. The van der Waals surface area contributed by atoms with E-state index in [9.17, 15) is 4.79 Å². The minimum absolute atomic E-state index is 0.0599. The lowest BCUT2D eigenvalue weighted by Gasteiger charge is -2.08. The highest BCUT2D eigenvalue weighted by molar-refractivity contribution is 6.06. The van der Waals surface area contributed by atoms with Crippen LogP contribution in [0.1, 0.15) is 24.3 Å². The predicted molar refractivity (Wildman–Crippen MR) is 99.4 cm³/mol. The van der Waals surface area contributed by atoms with Gasteiger partial charge in [0.05, 0.1) is 5.52 Å². The summed E-state index contributed by atoms with van der Waals surface area (Å²) >= 11 is 0. The monoisotopic (exact) mass is 330 g/mol. The number of aromatic nitrogens is 3. The Morgan fingerprint density at radius 3 is 2.76 bits per heavy atom. The highest BCUT2D eigenvalue weighted by Crippen LogP contribution is 2.30. The molecule has 0 unspecified atom stereocenters. The van der Waals surface area contributed by atoms with Crippen LogP contribution in [0.15, 0.2) is 54.9 Å². The van der Waals surface area contributed by atoms with E-state index in [-0.39, 0.29) is 11.9 Å². The van der Waals surface area contributed by atoms with Gasteiger partial charge in [-0.2, -0.15) is 5.10 Å². The molecular formula is C20H18N4O. The topological polar surface area (TPSA) is 70.7 Å². The van der Waals surface area contributed by atoms with Gasteiger partial charge in [-0.25, -0.2) is 0 Å². The van der Waals surface area contributed by atoms with Crippen molar-refractivity contribution in [3.05, 3.63) is 60.6 Å². The van der Waals surface area contributed by atoms with Gasteiger partial charge in [0.15, 0.2) is 5.69 Å². The molecule has 1 amide bonds. The van der Waals surface area contributed by atoms with Crippen LogP contribution in [0.4, 0.5) is 0 Å². The highest BCUT2D eigenvalue weighted by atomic mass is 16.2. The zero-order chi connectivity index (χ0) is 17.4. The van der Waals surface area contributed by atoms with Crippen LogP contribution in [0.2, 0.25) is 0 Å². The number of pyridine rings is 1. The van der Waals surface area contributed by atoms with Gasteiger partial charge in [-0.3, -0.25) is 14.9 Å². The standard InChI is InChI=1S/C20H18N4O/c1-12(2)22-20(25)19-16-9-13(7-8-18(16)23-24-19)17-11-21-10-14-5-3-4-6-15(14)17/h3-12H,1-2H3,(H,22,25)(H,23,24). The molecule has 124 valence electrons. The molecule has 0 saturated heterocycles. The Morgan fingerprint density at radius 2 is 1.92 bits per heavy atom. The Kier molecular flexibility index (Phi) is 3.69. The second-order valence-corrected chi connectivity index (χ2v) is 6.37. The fourth-order valence-corrected chi connectivity index (χ4v) is 3.03. The van der Waals surface area contributed by atoms with E-state index in [1.54, 1.807) is 0 Å². The summed E-state index contributed by atoms with van der Waals surface area (Å²) in [4.78, 5) is 16.7. The number of nitrogens with one attached hydrogen (secondary N) is 2. The molecule has 0 aliphatic heterocycles. The predicted octanol–water partition coefficient (Wildman–Crippen LogP) is 3.92. The van der Waals surface area contributed by atoms with Crippen LogP contribution in [-0.2, 0) is 0 Å². The molecular weight excluding hydrogens is 312 g/mol. The number of amides is 1. The van der Waals surface area contributed by atoms with Crippen LogP contribution in [0.3, 0.4) is 0 Å². The summed E-state index contributed by atoms with van der Waals surface area (Å²) in [6, 6.07) is 14.2. The second-order valence-electron chi connectivity index (χ2n) is 6.37. The number of aromatic amines is 1. The maximum Gasteiger partial charge on any atom is 0.272 e. The van der Waals surface area contributed by atoms with Crippen molar-refractivity contribution in [1.82, 2.24) is 20.5 Å². The van der Waals surface area contributed by atoms with Crippen LogP contribution < -0.4 is 5.32 Å². The number of nitrogens with zero attached hydrogens (tertiary/aromatic N) is 2. The van der Waals surface area contributed by atoms with Gasteiger partial charge < -0.3 is 5.32 Å². The molecule has 4 aromatic rings. The van der Waals surface area contributed by atoms with E-state index in [1.807, 2.05) is 62.6 Å². The minimum Gasteiger partial charge on any atom is -0.348 e. The number of hydrogen-bond acceptors (Lipinski definition) is 3. The first-order valence-electron chi connectivity index (χ1n) is 8.25. The van der Waals surface area contributed by atoms with Crippen LogP contribution >= 0.6 is 0 Å². The average molecular weight is 330 g/mol. The van der Waals surface area contributed by atoms with Crippen molar-refractivity contribution in [1.29, 1.82) is 0 Å². The SMILES string of the molecule is CC(C)NC(=O)c1n[nH]c2ccc(-c3cncc4ccccc34)cc12. The molecule has 2 heterocycles. The number of carbonyl (C=O) groups excluding carboxylic acids is 1. The number of fused-ring (bicyclic) bond motifs is 2. The van der Waals surface area contributed by atoms with Crippen molar-refractivity contribution in [3.8, 4) is 11.1 Å². The number of benzene rings is 2. The zero-order valence-electron chi connectivity index (χ0n) is 14.1. The second kappa shape index (κ2) is 6.02. The summed E-state index contributed by atoms with van der Waals surface area (Å²) in [5, 5.41) is 13.0. The smallest absolute Gasteiger partial charge is 0.272 e. The molecule has 0 fully saturated rings. The molecule has 0 aliphatic rings. The summed E-state index contributed by atoms with van der Waals surface area (Å²) in [6.07, 6.45) is 3.72. The molecule has 0 spiro atoms. The number of carbonyl (C=O) groups is 1.